The highest BCUT2D eigenvalue weighted by atomic mass is 35.5. The number of hydrogen-bond acceptors (Lipinski definition) is 4. The highest BCUT2D eigenvalue weighted by Gasteiger charge is 2.44. The van der Waals surface area contributed by atoms with E-state index in [9.17, 15) is 4.39 Å². The Morgan fingerprint density at radius 3 is 3.08 bits per heavy atom. The third kappa shape index (κ3) is 2.57. The number of fused-ring (bicyclic) bond motifs is 3. The van der Waals surface area contributed by atoms with Gasteiger partial charge in [-0.15, -0.1) is 0 Å². The molecule has 3 heterocycles. The van der Waals surface area contributed by atoms with Gasteiger partial charge in [-0.2, -0.15) is 0 Å². The summed E-state index contributed by atoms with van der Waals surface area (Å²) in [5, 5.41) is 7.30. The quantitative estimate of drug-likeness (QED) is 0.841. The summed E-state index contributed by atoms with van der Waals surface area (Å²) < 4.78 is 20.3. The van der Waals surface area contributed by atoms with Crippen molar-refractivity contribution in [1.82, 2.24) is 5.32 Å². The second kappa shape index (κ2) is 6.41. The van der Waals surface area contributed by atoms with Crippen LogP contribution < -0.4 is 15.5 Å². The minimum absolute atomic E-state index is 0.110. The van der Waals surface area contributed by atoms with Crippen LogP contribution >= 0.6 is 11.6 Å². The van der Waals surface area contributed by atoms with Crippen LogP contribution in [-0.2, 0) is 11.3 Å². The van der Waals surface area contributed by atoms with Crippen LogP contribution in [0.2, 0.25) is 5.02 Å². The molecule has 1 saturated heterocycles. The molecule has 0 amide bonds. The molecule has 0 aromatic heterocycles. The predicted octanol–water partition coefficient (Wildman–Crippen LogP) is 3.71. The maximum Gasteiger partial charge on any atom is 0.147 e. The van der Waals surface area contributed by atoms with Crippen molar-refractivity contribution in [2.45, 2.75) is 31.2 Å². The molecule has 3 atom stereocenters. The molecule has 0 radical (unpaired) electrons. The second-order valence-corrected chi connectivity index (χ2v) is 7.66. The standard InChI is InChI=1S/C20H21ClFN3O/c21-13-4-5-17(16(22)8-13)24-19-11-26-10-12-2-1-3-14-15-9-23-7-6-18(15)25(19)20(12)14/h1-5,8,15,18-19,23-24H,6-7,9-11H2/t15-,18-,19?/m0/s1. The lowest BCUT2D eigenvalue weighted by Gasteiger charge is -2.39. The average Bonchev–Trinajstić information content (AvgIpc) is 2.86. The van der Waals surface area contributed by atoms with Gasteiger partial charge in [0.2, 0.25) is 0 Å². The van der Waals surface area contributed by atoms with Crippen molar-refractivity contribution < 1.29 is 9.13 Å². The van der Waals surface area contributed by atoms with E-state index in [4.69, 9.17) is 16.3 Å². The lowest BCUT2D eigenvalue weighted by Crippen LogP contribution is -2.52. The molecule has 0 bridgehead atoms. The first-order valence-electron chi connectivity index (χ1n) is 9.12. The average molecular weight is 374 g/mol. The van der Waals surface area contributed by atoms with E-state index in [0.717, 1.165) is 19.5 Å². The summed E-state index contributed by atoms with van der Waals surface area (Å²) in [6.07, 6.45) is 0.959. The van der Waals surface area contributed by atoms with E-state index in [2.05, 4.69) is 33.7 Å². The Kier molecular flexibility index (Phi) is 4.03. The zero-order chi connectivity index (χ0) is 17.7. The first kappa shape index (κ1) is 16.4. The van der Waals surface area contributed by atoms with Crippen molar-refractivity contribution in [3.05, 3.63) is 58.4 Å². The van der Waals surface area contributed by atoms with Gasteiger partial charge in [0.15, 0.2) is 0 Å². The third-order valence-electron chi connectivity index (χ3n) is 5.73. The number of benzene rings is 2. The fourth-order valence-corrected chi connectivity index (χ4v) is 4.81. The lowest BCUT2D eigenvalue weighted by atomic mass is 9.89. The van der Waals surface area contributed by atoms with Gasteiger partial charge >= 0.3 is 0 Å². The Balaban J connectivity index is 1.55. The largest absolute Gasteiger partial charge is 0.373 e. The van der Waals surface area contributed by atoms with Gasteiger partial charge in [-0.1, -0.05) is 29.8 Å². The normalized spacial score (nSPS) is 26.8. The van der Waals surface area contributed by atoms with E-state index in [1.165, 1.54) is 22.9 Å². The van der Waals surface area contributed by atoms with Gasteiger partial charge in [0.05, 0.1) is 18.9 Å². The highest BCUT2D eigenvalue weighted by Crippen LogP contribution is 2.47. The minimum atomic E-state index is -0.337. The van der Waals surface area contributed by atoms with Gasteiger partial charge in [0.1, 0.15) is 12.0 Å². The fourth-order valence-electron chi connectivity index (χ4n) is 4.65. The molecule has 3 aliphatic rings. The first-order valence-corrected chi connectivity index (χ1v) is 9.50. The summed E-state index contributed by atoms with van der Waals surface area (Å²) in [4.78, 5) is 2.44. The number of halogens is 2. The Morgan fingerprint density at radius 1 is 1.27 bits per heavy atom. The Morgan fingerprint density at radius 2 is 2.19 bits per heavy atom. The smallest absolute Gasteiger partial charge is 0.147 e. The van der Waals surface area contributed by atoms with E-state index < -0.39 is 0 Å². The number of ether oxygens (including phenoxy) is 1. The maximum atomic E-state index is 14.4. The van der Waals surface area contributed by atoms with Crippen molar-refractivity contribution in [2.24, 2.45) is 0 Å². The summed E-state index contributed by atoms with van der Waals surface area (Å²) in [6, 6.07) is 11.7. The molecule has 136 valence electrons. The van der Waals surface area contributed by atoms with Gasteiger partial charge in [0.25, 0.3) is 0 Å². The van der Waals surface area contributed by atoms with E-state index >= 15 is 0 Å². The Labute approximate surface area is 157 Å². The Bertz CT molecular complexity index is 846. The monoisotopic (exact) mass is 373 g/mol. The molecule has 2 aromatic rings. The van der Waals surface area contributed by atoms with Gasteiger partial charge < -0.3 is 20.3 Å². The number of hydrogen-bond donors (Lipinski definition) is 2. The van der Waals surface area contributed by atoms with Crippen molar-refractivity contribution in [2.75, 3.05) is 29.9 Å². The van der Waals surface area contributed by atoms with E-state index in [1.54, 1.807) is 12.1 Å². The van der Waals surface area contributed by atoms with Crippen LogP contribution in [0.1, 0.15) is 23.5 Å². The van der Waals surface area contributed by atoms with Crippen LogP contribution in [0.5, 0.6) is 0 Å². The second-order valence-electron chi connectivity index (χ2n) is 7.23. The maximum absolute atomic E-state index is 14.4. The number of para-hydroxylation sites is 1. The fraction of sp³-hybridized carbons (Fsp3) is 0.400. The zero-order valence-corrected chi connectivity index (χ0v) is 15.1. The van der Waals surface area contributed by atoms with E-state index in [1.807, 2.05) is 0 Å². The van der Waals surface area contributed by atoms with Crippen molar-refractivity contribution in [3.8, 4) is 0 Å². The van der Waals surface area contributed by atoms with Crippen LogP contribution in [-0.4, -0.2) is 31.9 Å². The molecule has 5 rings (SSSR count). The summed E-state index contributed by atoms with van der Waals surface area (Å²) in [5.41, 5.74) is 4.34. The number of nitrogens with zero attached hydrogens (tertiary/aromatic N) is 1. The van der Waals surface area contributed by atoms with Crippen LogP contribution in [0, 0.1) is 5.82 Å². The van der Waals surface area contributed by atoms with Crippen molar-refractivity contribution >= 4 is 23.0 Å². The molecular formula is C20H21ClFN3O. The van der Waals surface area contributed by atoms with E-state index in [0.29, 0.717) is 35.9 Å². The van der Waals surface area contributed by atoms with Gasteiger partial charge in [0, 0.05) is 34.8 Å². The molecule has 2 N–H and O–H groups in total. The predicted molar refractivity (Wildman–Crippen MR) is 101 cm³/mol. The first-order chi connectivity index (χ1) is 12.7. The lowest BCUT2D eigenvalue weighted by molar-refractivity contribution is 0.115. The number of rotatable bonds is 2. The SMILES string of the molecule is Fc1cc(Cl)ccc1NC1COCc2cccc3c2N1[C@H]1CCNC[C@@H]31. The molecule has 1 fully saturated rings. The molecule has 1 unspecified atom stereocenters. The molecule has 4 nitrogen and oxygen atoms in total. The molecule has 2 aromatic carbocycles. The van der Waals surface area contributed by atoms with Gasteiger partial charge in [-0.25, -0.2) is 4.39 Å². The van der Waals surface area contributed by atoms with Crippen molar-refractivity contribution in [3.63, 3.8) is 0 Å². The van der Waals surface area contributed by atoms with Gasteiger partial charge in [-0.3, -0.25) is 0 Å². The summed E-state index contributed by atoms with van der Waals surface area (Å²) >= 11 is 5.90. The number of nitrogens with one attached hydrogen (secondary N) is 2. The summed E-state index contributed by atoms with van der Waals surface area (Å²) in [6.45, 7) is 3.09. The molecule has 0 aliphatic carbocycles. The number of piperidine rings is 1. The van der Waals surface area contributed by atoms with Crippen LogP contribution in [0.25, 0.3) is 0 Å². The Hall–Kier alpha value is -1.82. The molecule has 0 saturated carbocycles. The molecule has 26 heavy (non-hydrogen) atoms. The number of anilines is 2. The molecule has 6 heteroatoms. The summed E-state index contributed by atoms with van der Waals surface area (Å²) in [7, 11) is 0. The van der Waals surface area contributed by atoms with Crippen LogP contribution in [0.3, 0.4) is 0 Å². The van der Waals surface area contributed by atoms with Crippen molar-refractivity contribution in [1.29, 1.82) is 0 Å². The van der Waals surface area contributed by atoms with Crippen LogP contribution in [0.4, 0.5) is 15.8 Å². The molecule has 3 aliphatic heterocycles. The molecular weight excluding hydrogens is 353 g/mol. The van der Waals surface area contributed by atoms with E-state index in [-0.39, 0.29) is 12.0 Å². The minimum Gasteiger partial charge on any atom is -0.373 e. The molecule has 0 spiro atoms. The topological polar surface area (TPSA) is 36.5 Å². The highest BCUT2D eigenvalue weighted by molar-refractivity contribution is 6.30. The van der Waals surface area contributed by atoms with Gasteiger partial charge in [-0.05, 0) is 36.7 Å². The zero-order valence-electron chi connectivity index (χ0n) is 14.3. The third-order valence-corrected chi connectivity index (χ3v) is 5.97. The summed E-state index contributed by atoms with van der Waals surface area (Å²) in [5.74, 6) is 0.132. The van der Waals surface area contributed by atoms with Crippen LogP contribution in [0.15, 0.2) is 36.4 Å².